The molecule has 0 saturated heterocycles. The highest BCUT2D eigenvalue weighted by atomic mass is 19.1. The van der Waals surface area contributed by atoms with Crippen molar-refractivity contribution < 1.29 is 28.6 Å². The zero-order valence-corrected chi connectivity index (χ0v) is 26.3. The lowest BCUT2D eigenvalue weighted by atomic mass is 9.99. The number of rotatable bonds is 5. The van der Waals surface area contributed by atoms with Gasteiger partial charge in [-0.25, -0.2) is 4.39 Å². The van der Waals surface area contributed by atoms with E-state index in [0.717, 1.165) is 5.56 Å². The molecular weight excluding hydrogens is 577 g/mol. The van der Waals surface area contributed by atoms with Crippen molar-refractivity contribution in [2.75, 3.05) is 13.2 Å². The van der Waals surface area contributed by atoms with Crippen LogP contribution in [0.4, 0.5) is 4.39 Å². The number of benzene rings is 2. The monoisotopic (exact) mass is 621 g/mol. The first kappa shape index (κ1) is 33.5. The molecule has 0 aliphatic carbocycles. The number of nitrogens with one attached hydrogen (secondary N) is 4. The van der Waals surface area contributed by atoms with Crippen LogP contribution in [0, 0.1) is 17.7 Å². The Kier molecular flexibility index (Phi) is 11.6. The van der Waals surface area contributed by atoms with Crippen LogP contribution in [0.2, 0.25) is 0 Å². The highest BCUT2D eigenvalue weighted by molar-refractivity contribution is 5.93. The van der Waals surface area contributed by atoms with E-state index in [1.165, 1.54) is 12.1 Å². The molecule has 0 unspecified atom stereocenters. The maximum atomic E-state index is 14.2. The van der Waals surface area contributed by atoms with E-state index in [1.54, 1.807) is 6.07 Å². The summed E-state index contributed by atoms with van der Waals surface area (Å²) in [5.41, 5.74) is 1.47. The largest absolute Gasteiger partial charge is 0.505 e. The number of ether oxygens (including phenoxy) is 1. The number of aromatic hydroxyl groups is 1. The topological polar surface area (TPSA) is 134 Å². The summed E-state index contributed by atoms with van der Waals surface area (Å²) in [6.07, 6.45) is 4.37. The molecule has 5 N–H and O–H groups in total. The number of phenols is 1. The summed E-state index contributed by atoms with van der Waals surface area (Å²) in [7, 11) is 0. The van der Waals surface area contributed by atoms with Crippen LogP contribution in [0.25, 0.3) is 0 Å². The summed E-state index contributed by atoms with van der Waals surface area (Å²) < 4.78 is 22.2. The van der Waals surface area contributed by atoms with Gasteiger partial charge in [0.05, 0.1) is 12.6 Å². The van der Waals surface area contributed by atoms with Gasteiger partial charge in [0.2, 0.25) is 17.7 Å². The normalized spacial score (nSPS) is 24.0. The van der Waals surface area contributed by atoms with Crippen molar-refractivity contribution in [1.29, 1.82) is 0 Å². The Labute approximate surface area is 263 Å². The summed E-state index contributed by atoms with van der Waals surface area (Å²) >= 11 is 0. The van der Waals surface area contributed by atoms with Gasteiger partial charge in [0.1, 0.15) is 24.4 Å². The molecule has 3 aromatic rings. The van der Waals surface area contributed by atoms with Crippen LogP contribution in [0.15, 0.2) is 67.0 Å². The molecule has 11 heteroatoms. The standard InChI is InChI=1S/C34H44FN5O5/c1-21(2)31-34(44)38-28(19-40-13-7-8-14-40)32(42)36-18-22(3)15-25-9-5-6-10-30(25)45-20-23(4)37-27(33(43)39-31)17-24-11-12-29(41)26(35)16-24/h5-14,16,21-23,27-28,31,37,41H,15,17-20H2,1-4H3,(H,36,42)(H,38,44)(H,39,43)/t22-,23-,27+,28-,31+/m0/s1. The Morgan fingerprint density at radius 3 is 2.40 bits per heavy atom. The zero-order valence-electron chi connectivity index (χ0n) is 26.3. The highest BCUT2D eigenvalue weighted by Crippen LogP contribution is 2.22. The van der Waals surface area contributed by atoms with E-state index in [1.807, 2.05) is 81.1 Å². The second-order valence-electron chi connectivity index (χ2n) is 12.3. The van der Waals surface area contributed by atoms with Crippen LogP contribution in [0.1, 0.15) is 38.8 Å². The molecule has 10 nitrogen and oxygen atoms in total. The highest BCUT2D eigenvalue weighted by Gasteiger charge is 2.32. The van der Waals surface area contributed by atoms with Gasteiger partial charge in [-0.15, -0.1) is 0 Å². The predicted molar refractivity (Wildman–Crippen MR) is 169 cm³/mol. The third-order valence-corrected chi connectivity index (χ3v) is 7.85. The minimum atomic E-state index is -0.949. The van der Waals surface area contributed by atoms with Crippen LogP contribution < -0.4 is 26.0 Å². The molecular formula is C34H44FN5O5. The third kappa shape index (κ3) is 9.55. The molecule has 0 bridgehead atoms. The van der Waals surface area contributed by atoms with Crippen LogP contribution in [0.5, 0.6) is 11.5 Å². The molecule has 0 fully saturated rings. The van der Waals surface area contributed by atoms with Crippen LogP contribution in [-0.2, 0) is 33.8 Å². The molecule has 2 aromatic carbocycles. The first-order chi connectivity index (χ1) is 21.5. The second kappa shape index (κ2) is 15.6. The lowest BCUT2D eigenvalue weighted by Gasteiger charge is -2.29. The van der Waals surface area contributed by atoms with E-state index >= 15 is 0 Å². The van der Waals surface area contributed by atoms with E-state index < -0.39 is 41.5 Å². The molecule has 3 amide bonds. The number of halogens is 1. The fourth-order valence-corrected chi connectivity index (χ4v) is 5.35. The molecule has 0 saturated carbocycles. The number of fused-ring (bicyclic) bond motifs is 1. The van der Waals surface area contributed by atoms with Crippen molar-refractivity contribution in [2.24, 2.45) is 11.8 Å². The van der Waals surface area contributed by atoms with Gasteiger partial charge in [0.25, 0.3) is 0 Å². The molecule has 1 aliphatic rings. The summed E-state index contributed by atoms with van der Waals surface area (Å²) in [4.78, 5) is 40.9. The number of aromatic nitrogens is 1. The summed E-state index contributed by atoms with van der Waals surface area (Å²) in [6.45, 7) is 8.39. The number of para-hydroxylation sites is 1. The summed E-state index contributed by atoms with van der Waals surface area (Å²) in [6, 6.07) is 12.4. The predicted octanol–water partition coefficient (Wildman–Crippen LogP) is 2.94. The fraction of sp³-hybridized carbons (Fsp3) is 0.441. The van der Waals surface area contributed by atoms with Gasteiger partial charge in [-0.2, -0.15) is 0 Å². The van der Waals surface area contributed by atoms with Gasteiger partial charge < -0.3 is 30.4 Å². The molecule has 5 atom stereocenters. The van der Waals surface area contributed by atoms with Gasteiger partial charge in [-0.1, -0.05) is 45.0 Å². The smallest absolute Gasteiger partial charge is 0.244 e. The van der Waals surface area contributed by atoms with Crippen molar-refractivity contribution in [2.45, 2.75) is 71.2 Å². The minimum absolute atomic E-state index is 0.0776. The average molecular weight is 622 g/mol. The van der Waals surface area contributed by atoms with Gasteiger partial charge in [0, 0.05) is 25.0 Å². The number of nitrogens with zero attached hydrogens (tertiary/aromatic N) is 1. The number of carbonyl (C=O) groups excluding carboxylic acids is 3. The Hall–Kier alpha value is -4.38. The van der Waals surface area contributed by atoms with Crippen LogP contribution in [0.3, 0.4) is 0 Å². The maximum absolute atomic E-state index is 14.2. The third-order valence-electron chi connectivity index (χ3n) is 7.85. The SMILES string of the molecule is CC(C)[C@H]1NC(=O)[C@@H](Cc2ccc(O)c(F)c2)N[C@@H](C)COc2ccccc2C[C@H](C)CNC(=O)[C@H](Cn2cccc2)NC1=O. The van der Waals surface area contributed by atoms with Gasteiger partial charge >= 0.3 is 0 Å². The van der Waals surface area contributed by atoms with Gasteiger partial charge in [0.15, 0.2) is 11.6 Å². The van der Waals surface area contributed by atoms with E-state index in [9.17, 15) is 23.9 Å². The van der Waals surface area contributed by atoms with Crippen molar-refractivity contribution >= 4 is 17.7 Å². The van der Waals surface area contributed by atoms with Crippen molar-refractivity contribution in [3.05, 3.63) is 83.9 Å². The Balaban J connectivity index is 1.65. The maximum Gasteiger partial charge on any atom is 0.244 e. The Morgan fingerprint density at radius 1 is 0.956 bits per heavy atom. The van der Waals surface area contributed by atoms with E-state index in [2.05, 4.69) is 21.3 Å². The van der Waals surface area contributed by atoms with Crippen LogP contribution >= 0.6 is 0 Å². The number of hydrogen-bond donors (Lipinski definition) is 5. The average Bonchev–Trinajstić information content (AvgIpc) is 3.52. The molecule has 1 aromatic heterocycles. The summed E-state index contributed by atoms with van der Waals surface area (Å²) in [5.74, 6) is -2.07. The quantitative estimate of drug-likeness (QED) is 0.298. The lowest BCUT2D eigenvalue weighted by Crippen LogP contribution is -2.59. The summed E-state index contributed by atoms with van der Waals surface area (Å²) in [5, 5.41) is 21.7. The van der Waals surface area contributed by atoms with E-state index in [-0.39, 0.29) is 43.4 Å². The lowest BCUT2D eigenvalue weighted by molar-refractivity contribution is -0.133. The van der Waals surface area contributed by atoms with Crippen LogP contribution in [-0.4, -0.2) is 64.7 Å². The number of hydrogen-bond acceptors (Lipinski definition) is 6. The minimum Gasteiger partial charge on any atom is -0.505 e. The molecule has 2 heterocycles. The second-order valence-corrected chi connectivity index (χ2v) is 12.3. The molecule has 0 radical (unpaired) electrons. The van der Waals surface area contributed by atoms with E-state index in [0.29, 0.717) is 24.3 Å². The number of carbonyl (C=O) groups is 3. The van der Waals surface area contributed by atoms with Crippen molar-refractivity contribution in [3.8, 4) is 11.5 Å². The Morgan fingerprint density at radius 2 is 1.69 bits per heavy atom. The van der Waals surface area contributed by atoms with E-state index in [4.69, 9.17) is 4.74 Å². The molecule has 1 aliphatic heterocycles. The Bertz CT molecular complexity index is 1450. The molecule has 45 heavy (non-hydrogen) atoms. The molecule has 4 rings (SSSR count). The van der Waals surface area contributed by atoms with Crippen molar-refractivity contribution in [3.63, 3.8) is 0 Å². The van der Waals surface area contributed by atoms with Gasteiger partial charge in [-0.05, 0) is 73.1 Å². The van der Waals surface area contributed by atoms with Gasteiger partial charge in [-0.3, -0.25) is 19.7 Å². The zero-order chi connectivity index (χ0) is 32.5. The molecule has 0 spiro atoms. The first-order valence-electron chi connectivity index (χ1n) is 15.4. The fourth-order valence-electron chi connectivity index (χ4n) is 5.35. The first-order valence-corrected chi connectivity index (χ1v) is 15.4. The van der Waals surface area contributed by atoms with Crippen molar-refractivity contribution in [1.82, 2.24) is 25.8 Å². The molecule has 242 valence electrons. The number of phenolic OH excluding ortho intramolecular Hbond substituents is 1. The number of amides is 3.